The maximum atomic E-state index is 6.06. The Morgan fingerprint density at radius 1 is 1.17 bits per heavy atom. The van der Waals surface area contributed by atoms with Crippen LogP contribution in [0.15, 0.2) is 46.9 Å². The highest BCUT2D eigenvalue weighted by atomic mass is 79.9. The van der Waals surface area contributed by atoms with Gasteiger partial charge in [-0.15, -0.1) is 0 Å². The molecular weight excluding hydrogens is 290 g/mol. The van der Waals surface area contributed by atoms with Gasteiger partial charge in [-0.25, -0.2) is 0 Å². The fourth-order valence-electron chi connectivity index (χ4n) is 2.22. The molecule has 1 unspecified atom stereocenters. The van der Waals surface area contributed by atoms with Gasteiger partial charge in [-0.1, -0.05) is 40.2 Å². The Bertz CT molecular complexity index is 565. The number of para-hydroxylation sites is 1. The number of hydrogen-bond acceptors (Lipinski definition) is 2. The van der Waals surface area contributed by atoms with E-state index in [9.17, 15) is 0 Å². The van der Waals surface area contributed by atoms with Gasteiger partial charge in [0.05, 0.1) is 12.2 Å². The van der Waals surface area contributed by atoms with Gasteiger partial charge in [-0.05, 0) is 36.2 Å². The first-order valence-electron chi connectivity index (χ1n) is 5.99. The van der Waals surface area contributed by atoms with Crippen molar-refractivity contribution in [3.63, 3.8) is 0 Å². The molecule has 0 bridgehead atoms. The Hall–Kier alpha value is -1.48. The van der Waals surface area contributed by atoms with Gasteiger partial charge in [0.25, 0.3) is 0 Å². The number of rotatable bonds is 1. The lowest BCUT2D eigenvalue weighted by molar-refractivity contribution is 0.210. The normalized spacial score (nSPS) is 17.6. The molecule has 2 nitrogen and oxygen atoms in total. The number of nitrogens with one attached hydrogen (secondary N) is 1. The summed E-state index contributed by atoms with van der Waals surface area (Å²) in [4.78, 5) is 0. The molecule has 0 saturated carbocycles. The number of hydrogen-bond donors (Lipinski definition) is 1. The molecule has 0 radical (unpaired) electrons. The van der Waals surface area contributed by atoms with Crippen LogP contribution in [0.25, 0.3) is 0 Å². The Labute approximate surface area is 115 Å². The molecule has 0 saturated heterocycles. The summed E-state index contributed by atoms with van der Waals surface area (Å²) in [7, 11) is 0. The number of ether oxygens (including phenoxy) is 1. The minimum Gasteiger partial charge on any atom is -0.482 e. The molecule has 1 aliphatic rings. The van der Waals surface area contributed by atoms with Crippen molar-refractivity contribution >= 4 is 21.6 Å². The summed E-state index contributed by atoms with van der Waals surface area (Å²) < 4.78 is 7.15. The van der Waals surface area contributed by atoms with Crippen molar-refractivity contribution in [3.8, 4) is 5.75 Å². The molecule has 1 atom stereocenters. The number of anilines is 1. The van der Waals surface area contributed by atoms with Crippen LogP contribution in [-0.2, 0) is 0 Å². The van der Waals surface area contributed by atoms with Crippen molar-refractivity contribution in [1.82, 2.24) is 0 Å². The largest absolute Gasteiger partial charge is 0.482 e. The van der Waals surface area contributed by atoms with Crippen LogP contribution in [0.5, 0.6) is 5.75 Å². The molecule has 1 heterocycles. The molecule has 0 amide bonds. The monoisotopic (exact) mass is 303 g/mol. The Balaban J connectivity index is 1.89. The van der Waals surface area contributed by atoms with E-state index >= 15 is 0 Å². The molecular formula is C15H14BrNO. The second kappa shape index (κ2) is 4.65. The molecule has 0 aliphatic carbocycles. The van der Waals surface area contributed by atoms with E-state index in [0.29, 0.717) is 0 Å². The summed E-state index contributed by atoms with van der Waals surface area (Å²) in [5.41, 5.74) is 3.53. The van der Waals surface area contributed by atoms with Gasteiger partial charge in [-0.2, -0.15) is 0 Å². The fraction of sp³-hybridized carbons (Fsp3) is 0.200. The van der Waals surface area contributed by atoms with Crippen LogP contribution in [0.4, 0.5) is 5.69 Å². The van der Waals surface area contributed by atoms with E-state index in [-0.39, 0.29) is 6.10 Å². The standard InChI is InChI=1S/C15H14BrNO/c1-10-3-2-4-13-15(10)17-9-14(18-13)11-5-7-12(16)8-6-11/h2-8,14,17H,9H2,1H3. The predicted molar refractivity (Wildman–Crippen MR) is 77.2 cm³/mol. The summed E-state index contributed by atoms with van der Waals surface area (Å²) >= 11 is 3.45. The van der Waals surface area contributed by atoms with Crippen LogP contribution in [0.1, 0.15) is 17.2 Å². The Morgan fingerprint density at radius 2 is 1.94 bits per heavy atom. The van der Waals surface area contributed by atoms with Crippen molar-refractivity contribution in [2.75, 3.05) is 11.9 Å². The molecule has 2 aromatic rings. The lowest BCUT2D eigenvalue weighted by Gasteiger charge is -2.28. The highest BCUT2D eigenvalue weighted by Gasteiger charge is 2.21. The molecule has 0 fully saturated rings. The number of aryl methyl sites for hydroxylation is 1. The summed E-state index contributed by atoms with van der Waals surface area (Å²) in [5, 5.41) is 3.46. The van der Waals surface area contributed by atoms with Crippen molar-refractivity contribution in [2.24, 2.45) is 0 Å². The summed E-state index contributed by atoms with van der Waals surface area (Å²) in [5.74, 6) is 0.939. The predicted octanol–water partition coefficient (Wildman–Crippen LogP) is 4.30. The third-order valence-corrected chi connectivity index (χ3v) is 3.74. The number of benzene rings is 2. The number of fused-ring (bicyclic) bond motifs is 1. The van der Waals surface area contributed by atoms with Gasteiger partial charge in [0.15, 0.2) is 0 Å². The smallest absolute Gasteiger partial charge is 0.143 e. The van der Waals surface area contributed by atoms with E-state index in [1.54, 1.807) is 0 Å². The highest BCUT2D eigenvalue weighted by molar-refractivity contribution is 9.10. The van der Waals surface area contributed by atoms with Gasteiger partial charge in [-0.3, -0.25) is 0 Å². The van der Waals surface area contributed by atoms with Crippen LogP contribution in [0, 0.1) is 6.92 Å². The van der Waals surface area contributed by atoms with E-state index < -0.39 is 0 Å². The van der Waals surface area contributed by atoms with Crippen LogP contribution >= 0.6 is 15.9 Å². The van der Waals surface area contributed by atoms with E-state index in [2.05, 4.69) is 46.4 Å². The van der Waals surface area contributed by atoms with E-state index in [0.717, 1.165) is 22.5 Å². The second-order valence-corrected chi connectivity index (χ2v) is 5.40. The van der Waals surface area contributed by atoms with E-state index in [1.165, 1.54) is 11.1 Å². The van der Waals surface area contributed by atoms with Gasteiger partial charge < -0.3 is 10.1 Å². The lowest BCUT2D eigenvalue weighted by atomic mass is 10.1. The first-order valence-corrected chi connectivity index (χ1v) is 6.79. The summed E-state index contributed by atoms with van der Waals surface area (Å²) in [6.45, 7) is 2.90. The van der Waals surface area contributed by atoms with Crippen molar-refractivity contribution < 1.29 is 4.74 Å². The van der Waals surface area contributed by atoms with Gasteiger partial charge in [0.1, 0.15) is 11.9 Å². The summed E-state index contributed by atoms with van der Waals surface area (Å²) in [6, 6.07) is 14.4. The Morgan fingerprint density at radius 3 is 2.72 bits per heavy atom. The molecule has 0 spiro atoms. The quantitative estimate of drug-likeness (QED) is 0.848. The topological polar surface area (TPSA) is 21.3 Å². The molecule has 2 aromatic carbocycles. The first-order chi connectivity index (χ1) is 8.74. The second-order valence-electron chi connectivity index (χ2n) is 4.49. The maximum Gasteiger partial charge on any atom is 0.143 e. The molecule has 0 aromatic heterocycles. The zero-order valence-corrected chi connectivity index (χ0v) is 11.7. The molecule has 1 N–H and O–H groups in total. The Kier molecular flexibility index (Phi) is 3.00. The van der Waals surface area contributed by atoms with Crippen molar-refractivity contribution in [1.29, 1.82) is 0 Å². The van der Waals surface area contributed by atoms with Gasteiger partial charge in [0.2, 0.25) is 0 Å². The van der Waals surface area contributed by atoms with E-state index in [1.807, 2.05) is 24.3 Å². The minimum atomic E-state index is 0.0763. The molecule has 92 valence electrons. The summed E-state index contributed by atoms with van der Waals surface area (Å²) in [6.07, 6.45) is 0.0763. The SMILES string of the molecule is Cc1cccc2c1NCC(c1ccc(Br)cc1)O2. The third-order valence-electron chi connectivity index (χ3n) is 3.21. The lowest BCUT2D eigenvalue weighted by Crippen LogP contribution is -2.24. The van der Waals surface area contributed by atoms with Crippen LogP contribution in [0.2, 0.25) is 0 Å². The van der Waals surface area contributed by atoms with E-state index in [4.69, 9.17) is 4.74 Å². The van der Waals surface area contributed by atoms with Crippen LogP contribution < -0.4 is 10.1 Å². The highest BCUT2D eigenvalue weighted by Crippen LogP contribution is 2.36. The molecule has 1 aliphatic heterocycles. The average molecular weight is 304 g/mol. The molecule has 18 heavy (non-hydrogen) atoms. The zero-order valence-electron chi connectivity index (χ0n) is 10.1. The van der Waals surface area contributed by atoms with Crippen molar-refractivity contribution in [2.45, 2.75) is 13.0 Å². The molecule has 3 rings (SSSR count). The fourth-order valence-corrected chi connectivity index (χ4v) is 2.48. The maximum absolute atomic E-state index is 6.06. The van der Waals surface area contributed by atoms with Crippen LogP contribution in [-0.4, -0.2) is 6.54 Å². The average Bonchev–Trinajstić information content (AvgIpc) is 2.39. The van der Waals surface area contributed by atoms with Gasteiger partial charge in [0, 0.05) is 4.47 Å². The number of halogens is 1. The van der Waals surface area contributed by atoms with Crippen LogP contribution in [0.3, 0.4) is 0 Å². The minimum absolute atomic E-state index is 0.0763. The zero-order chi connectivity index (χ0) is 12.5. The van der Waals surface area contributed by atoms with Crippen molar-refractivity contribution in [3.05, 3.63) is 58.1 Å². The first kappa shape index (κ1) is 11.6. The molecule has 3 heteroatoms. The third kappa shape index (κ3) is 2.10. The van der Waals surface area contributed by atoms with Gasteiger partial charge >= 0.3 is 0 Å².